The number of hydrogen-bond donors (Lipinski definition) is 0. The number of hydrogen-bond acceptors (Lipinski definition) is 4. The molecule has 3 rings (SSSR count). The molecule has 0 saturated heterocycles. The monoisotopic (exact) mass is 283 g/mol. The molecule has 0 unspecified atom stereocenters. The SMILES string of the molecule is COc1ccc(C2=C(C(C)C)C(=O)n3ncnc3C2)cc1. The van der Waals surface area contributed by atoms with Crippen molar-refractivity contribution in [2.75, 3.05) is 7.11 Å². The summed E-state index contributed by atoms with van der Waals surface area (Å²) < 4.78 is 6.59. The molecule has 5 nitrogen and oxygen atoms in total. The third-order valence-corrected chi connectivity index (χ3v) is 3.72. The molecule has 1 aromatic heterocycles. The minimum absolute atomic E-state index is 0.0745. The van der Waals surface area contributed by atoms with Crippen LogP contribution in [0.25, 0.3) is 5.57 Å². The van der Waals surface area contributed by atoms with Crippen molar-refractivity contribution in [1.29, 1.82) is 0 Å². The molecule has 0 radical (unpaired) electrons. The Morgan fingerprint density at radius 3 is 2.57 bits per heavy atom. The Kier molecular flexibility index (Phi) is 3.33. The van der Waals surface area contributed by atoms with E-state index in [1.54, 1.807) is 7.11 Å². The average Bonchev–Trinajstić information content (AvgIpc) is 2.95. The van der Waals surface area contributed by atoms with Crippen LogP contribution in [0.5, 0.6) is 5.75 Å². The van der Waals surface area contributed by atoms with Crippen LogP contribution < -0.4 is 4.74 Å². The summed E-state index contributed by atoms with van der Waals surface area (Å²) in [6.45, 7) is 4.05. The summed E-state index contributed by atoms with van der Waals surface area (Å²) in [4.78, 5) is 16.8. The molecule has 1 aliphatic heterocycles. The van der Waals surface area contributed by atoms with Gasteiger partial charge in [0.15, 0.2) is 0 Å². The fourth-order valence-corrected chi connectivity index (χ4v) is 2.70. The van der Waals surface area contributed by atoms with Crippen molar-refractivity contribution in [2.24, 2.45) is 5.92 Å². The zero-order valence-electron chi connectivity index (χ0n) is 12.3. The maximum atomic E-state index is 12.6. The largest absolute Gasteiger partial charge is 0.497 e. The zero-order valence-corrected chi connectivity index (χ0v) is 12.3. The number of rotatable bonds is 3. The third kappa shape index (κ3) is 2.24. The van der Waals surface area contributed by atoms with E-state index < -0.39 is 0 Å². The number of fused-ring (bicyclic) bond motifs is 1. The average molecular weight is 283 g/mol. The number of methoxy groups -OCH3 is 1. The van der Waals surface area contributed by atoms with Gasteiger partial charge in [-0.1, -0.05) is 26.0 Å². The molecule has 0 N–H and O–H groups in total. The van der Waals surface area contributed by atoms with Gasteiger partial charge in [-0.15, -0.1) is 0 Å². The first kappa shape index (κ1) is 13.5. The maximum absolute atomic E-state index is 12.6. The highest BCUT2D eigenvalue weighted by Gasteiger charge is 2.29. The lowest BCUT2D eigenvalue weighted by Gasteiger charge is -2.22. The van der Waals surface area contributed by atoms with E-state index in [1.807, 2.05) is 38.1 Å². The fourth-order valence-electron chi connectivity index (χ4n) is 2.70. The van der Waals surface area contributed by atoms with E-state index in [2.05, 4.69) is 10.1 Å². The van der Waals surface area contributed by atoms with Crippen LogP contribution in [0, 0.1) is 5.92 Å². The number of allylic oxidation sites excluding steroid dienone is 2. The Morgan fingerprint density at radius 1 is 1.24 bits per heavy atom. The summed E-state index contributed by atoms with van der Waals surface area (Å²) in [5.41, 5.74) is 2.86. The molecule has 0 amide bonds. The van der Waals surface area contributed by atoms with Crippen LogP contribution in [0.3, 0.4) is 0 Å². The van der Waals surface area contributed by atoms with Crippen LogP contribution in [0.2, 0.25) is 0 Å². The molecule has 0 spiro atoms. The number of benzene rings is 1. The lowest BCUT2D eigenvalue weighted by Crippen LogP contribution is -2.27. The molecule has 0 aliphatic carbocycles. The lowest BCUT2D eigenvalue weighted by atomic mass is 9.88. The summed E-state index contributed by atoms with van der Waals surface area (Å²) in [6.07, 6.45) is 2.05. The number of ether oxygens (including phenoxy) is 1. The Morgan fingerprint density at radius 2 is 1.95 bits per heavy atom. The Bertz CT molecular complexity index is 711. The molecule has 1 aliphatic rings. The predicted molar refractivity (Wildman–Crippen MR) is 79.1 cm³/mol. The Hall–Kier alpha value is -2.43. The smallest absolute Gasteiger partial charge is 0.276 e. The Labute approximate surface area is 123 Å². The molecule has 108 valence electrons. The van der Waals surface area contributed by atoms with Crippen molar-refractivity contribution in [2.45, 2.75) is 20.3 Å². The lowest BCUT2D eigenvalue weighted by molar-refractivity contribution is 0.0923. The molecule has 5 heteroatoms. The van der Waals surface area contributed by atoms with Crippen molar-refractivity contribution in [3.05, 3.63) is 47.6 Å². The van der Waals surface area contributed by atoms with E-state index in [-0.39, 0.29) is 11.8 Å². The topological polar surface area (TPSA) is 57.0 Å². The van der Waals surface area contributed by atoms with E-state index in [0.29, 0.717) is 12.2 Å². The van der Waals surface area contributed by atoms with Gasteiger partial charge in [-0.2, -0.15) is 9.78 Å². The quantitative estimate of drug-likeness (QED) is 0.868. The van der Waals surface area contributed by atoms with Crippen molar-refractivity contribution >= 4 is 11.5 Å². The van der Waals surface area contributed by atoms with E-state index in [1.165, 1.54) is 11.0 Å². The number of carbonyl (C=O) groups excluding carboxylic acids is 1. The van der Waals surface area contributed by atoms with Gasteiger partial charge in [0.2, 0.25) is 0 Å². The van der Waals surface area contributed by atoms with Gasteiger partial charge in [0.1, 0.15) is 17.9 Å². The third-order valence-electron chi connectivity index (χ3n) is 3.72. The predicted octanol–water partition coefficient (Wildman–Crippen LogP) is 2.59. The highest BCUT2D eigenvalue weighted by Crippen LogP contribution is 2.32. The summed E-state index contributed by atoms with van der Waals surface area (Å²) in [5, 5.41) is 4.03. The molecule has 0 fully saturated rings. The van der Waals surface area contributed by atoms with Crippen LogP contribution >= 0.6 is 0 Å². The van der Waals surface area contributed by atoms with E-state index in [4.69, 9.17) is 4.74 Å². The zero-order chi connectivity index (χ0) is 15.0. The van der Waals surface area contributed by atoms with Crippen LogP contribution in [-0.4, -0.2) is 27.8 Å². The molecule has 2 heterocycles. The minimum atomic E-state index is -0.0745. The summed E-state index contributed by atoms with van der Waals surface area (Å²) >= 11 is 0. The van der Waals surface area contributed by atoms with Crippen molar-refractivity contribution in [3.63, 3.8) is 0 Å². The van der Waals surface area contributed by atoms with Gasteiger partial charge >= 0.3 is 0 Å². The standard InChI is InChI=1S/C16H17N3O2/c1-10(2)15-13(11-4-6-12(21-3)7-5-11)8-14-17-9-18-19(14)16(15)20/h4-7,9-10H,8H2,1-3H3. The minimum Gasteiger partial charge on any atom is -0.497 e. The van der Waals surface area contributed by atoms with Gasteiger partial charge in [0.25, 0.3) is 5.91 Å². The molecular formula is C16H17N3O2. The van der Waals surface area contributed by atoms with Gasteiger partial charge in [-0.25, -0.2) is 4.98 Å². The summed E-state index contributed by atoms with van der Waals surface area (Å²) in [5.74, 6) is 1.55. The van der Waals surface area contributed by atoms with E-state index in [9.17, 15) is 4.79 Å². The second-order valence-electron chi connectivity index (χ2n) is 5.35. The van der Waals surface area contributed by atoms with Crippen LogP contribution in [-0.2, 0) is 6.42 Å². The second-order valence-corrected chi connectivity index (χ2v) is 5.35. The van der Waals surface area contributed by atoms with Gasteiger partial charge in [-0.3, -0.25) is 4.79 Å². The Balaban J connectivity index is 2.11. The van der Waals surface area contributed by atoms with E-state index >= 15 is 0 Å². The number of carbonyl (C=O) groups is 1. The molecule has 1 aromatic carbocycles. The number of aromatic nitrogens is 3. The van der Waals surface area contributed by atoms with Crippen LogP contribution in [0.4, 0.5) is 0 Å². The van der Waals surface area contributed by atoms with Crippen LogP contribution in [0.1, 0.15) is 30.0 Å². The number of nitrogens with zero attached hydrogens (tertiary/aromatic N) is 3. The molecule has 0 atom stereocenters. The molecule has 21 heavy (non-hydrogen) atoms. The summed E-state index contributed by atoms with van der Waals surface area (Å²) in [6, 6.07) is 7.78. The first-order chi connectivity index (χ1) is 10.1. The molecular weight excluding hydrogens is 266 g/mol. The van der Waals surface area contributed by atoms with Crippen molar-refractivity contribution < 1.29 is 9.53 Å². The maximum Gasteiger partial charge on any atom is 0.276 e. The molecule has 2 aromatic rings. The van der Waals surface area contributed by atoms with Gasteiger partial charge in [0.05, 0.1) is 7.11 Å². The molecule has 0 saturated carbocycles. The first-order valence-corrected chi connectivity index (χ1v) is 6.93. The van der Waals surface area contributed by atoms with Crippen LogP contribution in [0.15, 0.2) is 36.2 Å². The van der Waals surface area contributed by atoms with Crippen molar-refractivity contribution in [1.82, 2.24) is 14.8 Å². The molecule has 0 bridgehead atoms. The van der Waals surface area contributed by atoms with Gasteiger partial charge in [-0.05, 0) is 29.2 Å². The van der Waals surface area contributed by atoms with Gasteiger partial charge in [0, 0.05) is 12.0 Å². The summed E-state index contributed by atoms with van der Waals surface area (Å²) in [7, 11) is 1.64. The van der Waals surface area contributed by atoms with E-state index in [0.717, 1.165) is 22.5 Å². The van der Waals surface area contributed by atoms with Crippen molar-refractivity contribution in [3.8, 4) is 5.75 Å². The fraction of sp³-hybridized carbons (Fsp3) is 0.312. The highest BCUT2D eigenvalue weighted by molar-refractivity contribution is 6.04. The first-order valence-electron chi connectivity index (χ1n) is 6.93. The second kappa shape index (κ2) is 5.16. The van der Waals surface area contributed by atoms with Gasteiger partial charge < -0.3 is 4.74 Å². The highest BCUT2D eigenvalue weighted by atomic mass is 16.5. The normalized spacial score (nSPS) is 14.6.